The Morgan fingerprint density at radius 3 is 1.43 bits per heavy atom. The van der Waals surface area contributed by atoms with E-state index in [0.29, 0.717) is 159 Å². The normalized spacial score (nSPS) is 13.2. The molecule has 0 radical (unpaired) electrons. The van der Waals surface area contributed by atoms with Crippen LogP contribution in [0, 0.1) is 0 Å². The van der Waals surface area contributed by atoms with Crippen LogP contribution in [-0.2, 0) is 66.5 Å². The van der Waals surface area contributed by atoms with Crippen molar-refractivity contribution in [3.63, 3.8) is 0 Å². The molecule has 0 saturated heterocycles. The van der Waals surface area contributed by atoms with Crippen LogP contribution in [0.3, 0.4) is 0 Å². The first-order valence-electron chi connectivity index (χ1n) is 23.2. The highest BCUT2D eigenvalue weighted by Gasteiger charge is 2.25. The maximum atomic E-state index is 12.6. The first-order valence-corrected chi connectivity index (χ1v) is 23.2. The predicted octanol–water partition coefficient (Wildman–Crippen LogP) is -0.222. The number of ether oxygens (including phenoxy) is 10. The molecule has 2 aromatic heterocycles. The van der Waals surface area contributed by atoms with Crippen LogP contribution in [-0.4, -0.2) is 214 Å². The Morgan fingerprint density at radius 2 is 0.971 bits per heavy atom. The van der Waals surface area contributed by atoms with Crippen molar-refractivity contribution in [2.24, 2.45) is 10.7 Å². The molecule has 0 saturated carbocycles. The number of fused-ring (bicyclic) bond motifs is 1. The third-order valence-corrected chi connectivity index (χ3v) is 9.51. The number of aromatic nitrogens is 3. The fourth-order valence-corrected chi connectivity index (χ4v) is 5.97. The molecule has 0 spiro atoms. The summed E-state index contributed by atoms with van der Waals surface area (Å²) in [6, 6.07) is 1.79. The van der Waals surface area contributed by atoms with Gasteiger partial charge in [-0.2, -0.15) is 0 Å². The van der Waals surface area contributed by atoms with E-state index in [4.69, 9.17) is 53.1 Å². The lowest BCUT2D eigenvalue weighted by Crippen LogP contribution is -2.41. The summed E-state index contributed by atoms with van der Waals surface area (Å²) < 4.78 is 54.8. The maximum Gasteiger partial charge on any atom is 0.289 e. The van der Waals surface area contributed by atoms with E-state index >= 15 is 0 Å². The molecule has 24 nitrogen and oxygen atoms in total. The van der Waals surface area contributed by atoms with Crippen molar-refractivity contribution in [3.05, 3.63) is 53.9 Å². The van der Waals surface area contributed by atoms with Crippen LogP contribution in [0.1, 0.15) is 36.1 Å². The second-order valence-electron chi connectivity index (χ2n) is 15.0. The number of aliphatic imine (C=N–C) groups is 1. The minimum Gasteiger partial charge on any atom is -0.387 e. The van der Waals surface area contributed by atoms with Crippen LogP contribution in [0.25, 0.3) is 17.2 Å². The van der Waals surface area contributed by atoms with Gasteiger partial charge in [0.15, 0.2) is 0 Å². The summed E-state index contributed by atoms with van der Waals surface area (Å²) in [7, 11) is 0. The van der Waals surface area contributed by atoms with Gasteiger partial charge >= 0.3 is 0 Å². The molecule has 0 aromatic carbocycles. The van der Waals surface area contributed by atoms with Crippen molar-refractivity contribution >= 4 is 47.1 Å². The number of hydrogen-bond acceptors (Lipinski definition) is 20. The Labute approximate surface area is 407 Å². The quantitative estimate of drug-likeness (QED) is 0.0496. The molecular formula is C46H67N9O15. The van der Waals surface area contributed by atoms with Gasteiger partial charge in [-0.25, -0.2) is 15.0 Å². The van der Waals surface area contributed by atoms with Crippen molar-refractivity contribution in [3.8, 4) is 11.1 Å². The lowest BCUT2D eigenvalue weighted by atomic mass is 10.1. The molecule has 2 aliphatic rings. The topological polar surface area (TPSA) is 294 Å². The van der Waals surface area contributed by atoms with Gasteiger partial charge in [0.05, 0.1) is 144 Å². The number of nitrogens with two attached hydrogens (primary N) is 1. The van der Waals surface area contributed by atoms with Gasteiger partial charge in [-0.15, -0.1) is 0 Å². The summed E-state index contributed by atoms with van der Waals surface area (Å²) in [5.41, 5.74) is 8.95. The third kappa shape index (κ3) is 23.8. The molecule has 5 N–H and O–H groups in total. The number of hydrogen-bond donors (Lipinski definition) is 4. The van der Waals surface area contributed by atoms with E-state index in [1.807, 2.05) is 6.92 Å². The predicted molar refractivity (Wildman–Crippen MR) is 252 cm³/mol. The second-order valence-corrected chi connectivity index (χ2v) is 15.0. The fraction of sp³-hybridized carbons (Fsp3) is 0.587. The number of rotatable bonds is 40. The Bertz CT molecular complexity index is 1970. The van der Waals surface area contributed by atoms with Gasteiger partial charge in [-0.05, 0) is 18.6 Å². The van der Waals surface area contributed by atoms with Crippen molar-refractivity contribution < 1.29 is 71.3 Å². The van der Waals surface area contributed by atoms with Crippen molar-refractivity contribution in [2.75, 3.05) is 158 Å². The Hall–Kier alpha value is -5.67. The van der Waals surface area contributed by atoms with Crippen LogP contribution < -0.4 is 21.7 Å². The van der Waals surface area contributed by atoms with Gasteiger partial charge in [-0.1, -0.05) is 6.92 Å². The minimum absolute atomic E-state index is 0.0133. The molecule has 4 heterocycles. The number of nitrogens with one attached hydrogen (secondary N) is 3. The zero-order valence-corrected chi connectivity index (χ0v) is 39.9. The summed E-state index contributed by atoms with van der Waals surface area (Å²) in [5.74, 6) is -1.75. The molecule has 0 fully saturated rings. The molecule has 70 heavy (non-hydrogen) atoms. The molecule has 386 valence electrons. The van der Waals surface area contributed by atoms with Crippen LogP contribution in [0.4, 0.5) is 5.69 Å². The van der Waals surface area contributed by atoms with Crippen molar-refractivity contribution in [2.45, 2.75) is 19.8 Å². The lowest BCUT2D eigenvalue weighted by Gasteiger charge is -2.13. The molecule has 0 atom stereocenters. The fourth-order valence-electron chi connectivity index (χ4n) is 5.97. The molecule has 2 aromatic rings. The maximum absolute atomic E-state index is 12.6. The third-order valence-electron chi connectivity index (χ3n) is 9.51. The first kappa shape index (κ1) is 56.9. The summed E-state index contributed by atoms with van der Waals surface area (Å²) >= 11 is 0. The molecule has 24 heteroatoms. The number of carbonyl (C=O) groups excluding carboxylic acids is 5. The Morgan fingerprint density at radius 1 is 0.557 bits per heavy atom. The first-order chi connectivity index (χ1) is 34.2. The van der Waals surface area contributed by atoms with E-state index in [1.165, 1.54) is 12.4 Å². The number of nitrogens with zero attached hydrogens (tertiary/aromatic N) is 5. The van der Waals surface area contributed by atoms with Gasteiger partial charge in [0, 0.05) is 73.5 Å². The minimum atomic E-state index is -0.500. The number of amidine groups is 1. The molecule has 0 aliphatic carbocycles. The average Bonchev–Trinajstić information content (AvgIpc) is 3.56. The average molecular weight is 986 g/mol. The molecule has 0 bridgehead atoms. The second kappa shape index (κ2) is 35.4. The van der Waals surface area contributed by atoms with Crippen LogP contribution >= 0.6 is 0 Å². The van der Waals surface area contributed by atoms with Crippen LogP contribution in [0.5, 0.6) is 0 Å². The van der Waals surface area contributed by atoms with Gasteiger partial charge < -0.3 is 69.1 Å². The molecular weight excluding hydrogens is 919 g/mol. The molecule has 2 aliphatic heterocycles. The van der Waals surface area contributed by atoms with E-state index in [9.17, 15) is 24.0 Å². The van der Waals surface area contributed by atoms with Gasteiger partial charge in [0.1, 0.15) is 12.4 Å². The number of amides is 5. The largest absolute Gasteiger partial charge is 0.387 e. The highest BCUT2D eigenvalue weighted by molar-refractivity contribution is 6.14. The number of imide groups is 1. The van der Waals surface area contributed by atoms with Gasteiger partial charge in [-0.3, -0.25) is 33.9 Å². The zero-order valence-electron chi connectivity index (χ0n) is 39.9. The van der Waals surface area contributed by atoms with Crippen molar-refractivity contribution in [1.29, 1.82) is 0 Å². The van der Waals surface area contributed by atoms with E-state index in [2.05, 4.69) is 35.9 Å². The lowest BCUT2D eigenvalue weighted by molar-refractivity contribution is -0.141. The summed E-state index contributed by atoms with van der Waals surface area (Å²) in [5, 5.41) is 8.18. The monoisotopic (exact) mass is 985 g/mol. The van der Waals surface area contributed by atoms with Crippen molar-refractivity contribution in [1.82, 2.24) is 35.8 Å². The standard InChI is InChI=1S/C46H67N9O15/c1-2-5-49-45(59)35-28-38-39(54-40(47)30-35)29-36(31-51-38)37-32-52-44(53-33-37)46(60)50-7-9-62-11-13-64-15-17-66-19-21-68-23-25-70-27-26-69-24-22-67-20-18-65-16-14-63-12-10-61-8-6-48-41(56)34-55-42(57)3-4-43(55)58/h3-4,28-29,31-33H,2,5-27,30,34H2,1H3,(H2,47,54)(H,48,56)(H,49,59)(H,50,60). The molecule has 0 unspecified atom stereocenters. The highest BCUT2D eigenvalue weighted by Crippen LogP contribution is 2.29. The highest BCUT2D eigenvalue weighted by atomic mass is 16.6. The van der Waals surface area contributed by atoms with Crippen LogP contribution in [0.15, 0.2) is 47.4 Å². The smallest absolute Gasteiger partial charge is 0.289 e. The van der Waals surface area contributed by atoms with Gasteiger partial charge in [0.25, 0.3) is 17.7 Å². The Kier molecular flexibility index (Phi) is 28.8. The Balaban J connectivity index is 0.832. The van der Waals surface area contributed by atoms with Crippen LogP contribution in [0.2, 0.25) is 0 Å². The summed E-state index contributed by atoms with van der Waals surface area (Å²) in [6.45, 7) is 10.8. The number of carbonyl (C=O) groups is 5. The number of pyridine rings is 1. The molecule has 4 rings (SSSR count). The van der Waals surface area contributed by atoms with E-state index in [0.717, 1.165) is 23.5 Å². The van der Waals surface area contributed by atoms with E-state index in [-0.39, 0.29) is 51.0 Å². The van der Waals surface area contributed by atoms with E-state index in [1.54, 1.807) is 18.3 Å². The summed E-state index contributed by atoms with van der Waals surface area (Å²) in [6.07, 6.45) is 9.69. The molecule has 5 amide bonds. The van der Waals surface area contributed by atoms with Gasteiger partial charge in [0.2, 0.25) is 17.6 Å². The summed E-state index contributed by atoms with van der Waals surface area (Å²) in [4.78, 5) is 78.0. The van der Waals surface area contributed by atoms with E-state index < -0.39 is 23.6 Å². The SMILES string of the molecule is CCCNC(=O)C1=Cc2ncc(-c3cnc(C(=O)NCCOCCOCCOCCOCCOCCOCCOCCOCCOCCOCCNC(=O)CN4C(=O)C=CC4=O)nc3)cc2N=C(N)C1. The zero-order chi connectivity index (χ0) is 49.9.